The minimum atomic E-state index is -3.29. The summed E-state index contributed by atoms with van der Waals surface area (Å²) in [5.74, 6) is 0.163. The highest BCUT2D eigenvalue weighted by Crippen LogP contribution is 2.32. The van der Waals surface area contributed by atoms with Gasteiger partial charge in [0.15, 0.2) is 5.78 Å². The molecule has 0 aliphatic carbocycles. The molecule has 0 saturated carbocycles. The maximum absolute atomic E-state index is 12.5. The van der Waals surface area contributed by atoms with Gasteiger partial charge in [0.2, 0.25) is 10.0 Å². The second kappa shape index (κ2) is 5.44. The summed E-state index contributed by atoms with van der Waals surface area (Å²) in [4.78, 5) is 11.4. The van der Waals surface area contributed by atoms with Crippen LogP contribution in [0.5, 0.6) is 0 Å². The fourth-order valence-electron chi connectivity index (χ4n) is 2.42. The zero-order valence-corrected chi connectivity index (χ0v) is 14.0. The van der Waals surface area contributed by atoms with Gasteiger partial charge in [-0.1, -0.05) is 20.8 Å². The summed E-state index contributed by atoms with van der Waals surface area (Å²) in [5, 5.41) is 0. The lowest BCUT2D eigenvalue weighted by Crippen LogP contribution is -2.32. The van der Waals surface area contributed by atoms with Gasteiger partial charge in [0.1, 0.15) is 0 Å². The Labute approximate surface area is 127 Å². The molecule has 1 aliphatic heterocycles. The van der Waals surface area contributed by atoms with Crippen LogP contribution >= 0.6 is 0 Å². The fourth-order valence-corrected chi connectivity index (χ4v) is 4.36. The van der Waals surface area contributed by atoms with E-state index < -0.39 is 10.0 Å². The number of nitrogens with zero attached hydrogens (tertiary/aromatic N) is 1. The summed E-state index contributed by atoms with van der Waals surface area (Å²) in [6.45, 7) is 8.12. The first kappa shape index (κ1) is 16.0. The van der Waals surface area contributed by atoms with Crippen molar-refractivity contribution in [3.8, 4) is 0 Å². The Bertz CT molecular complexity index is 657. The van der Waals surface area contributed by atoms with Gasteiger partial charge < -0.3 is 0 Å². The summed E-state index contributed by atoms with van der Waals surface area (Å²) >= 11 is 0. The fraction of sp³-hybridized carbons (Fsp3) is 0.562. The third-order valence-corrected chi connectivity index (χ3v) is 5.56. The van der Waals surface area contributed by atoms with E-state index in [-0.39, 0.29) is 17.0 Å². The van der Waals surface area contributed by atoms with Gasteiger partial charge in [-0.3, -0.25) is 9.10 Å². The maximum Gasteiger partial charge on any atom is 0.235 e. The van der Waals surface area contributed by atoms with Crippen LogP contribution in [-0.4, -0.2) is 26.5 Å². The van der Waals surface area contributed by atoms with Crippen LogP contribution in [0.25, 0.3) is 0 Å². The molecule has 1 aromatic carbocycles. The van der Waals surface area contributed by atoms with Crippen molar-refractivity contribution in [3.63, 3.8) is 0 Å². The Morgan fingerprint density at radius 3 is 2.52 bits per heavy atom. The van der Waals surface area contributed by atoms with E-state index >= 15 is 0 Å². The number of benzene rings is 1. The number of hydrogen-bond acceptors (Lipinski definition) is 3. The Morgan fingerprint density at radius 1 is 1.29 bits per heavy atom. The zero-order valence-electron chi connectivity index (χ0n) is 13.1. The summed E-state index contributed by atoms with van der Waals surface area (Å²) in [7, 11) is -3.29. The molecule has 0 bridgehead atoms. The first-order valence-corrected chi connectivity index (χ1v) is 8.85. The Hall–Kier alpha value is -1.36. The number of hydrogen-bond donors (Lipinski definition) is 0. The van der Waals surface area contributed by atoms with Crippen LogP contribution in [0.2, 0.25) is 0 Å². The molecule has 116 valence electrons. The van der Waals surface area contributed by atoms with Crippen LogP contribution in [-0.2, 0) is 16.4 Å². The molecular weight excluding hydrogens is 286 g/mol. The summed E-state index contributed by atoms with van der Waals surface area (Å²) < 4.78 is 26.5. The van der Waals surface area contributed by atoms with Crippen LogP contribution in [0.4, 0.5) is 5.69 Å². The third-order valence-electron chi connectivity index (χ3n) is 3.78. The maximum atomic E-state index is 12.5. The van der Waals surface area contributed by atoms with Crippen molar-refractivity contribution < 1.29 is 13.2 Å². The molecule has 0 unspecified atom stereocenters. The van der Waals surface area contributed by atoms with E-state index in [0.29, 0.717) is 24.9 Å². The monoisotopic (exact) mass is 309 g/mol. The molecule has 2 rings (SSSR count). The number of anilines is 1. The van der Waals surface area contributed by atoms with E-state index in [1.807, 2.05) is 26.8 Å². The number of ketones is 1. The summed E-state index contributed by atoms with van der Waals surface area (Å²) in [5.41, 5.74) is 2.31. The molecule has 0 N–H and O–H groups in total. The molecule has 1 aliphatic rings. The summed E-state index contributed by atoms with van der Waals surface area (Å²) in [6.07, 6.45) is 1.30. The molecule has 0 atom stereocenters. The topological polar surface area (TPSA) is 54.5 Å². The third kappa shape index (κ3) is 3.64. The molecular formula is C16H23NO3S. The normalized spacial score (nSPS) is 15.1. The van der Waals surface area contributed by atoms with Crippen molar-refractivity contribution in [1.29, 1.82) is 0 Å². The quantitative estimate of drug-likeness (QED) is 0.803. The first-order chi connectivity index (χ1) is 9.60. The van der Waals surface area contributed by atoms with E-state index in [0.717, 1.165) is 11.3 Å². The zero-order chi connectivity index (χ0) is 15.8. The standard InChI is InChI=1S/C16H23NO3S/c1-12(18)13-5-6-15-14(11-13)7-9-17(15)21(19,20)10-8-16(2,3)4/h5-6,11H,7-10H2,1-4H3. The second-order valence-electron chi connectivity index (χ2n) is 6.85. The van der Waals surface area contributed by atoms with E-state index in [1.54, 1.807) is 12.1 Å². The lowest BCUT2D eigenvalue weighted by atomic mass is 9.94. The number of sulfonamides is 1. The van der Waals surface area contributed by atoms with Crippen molar-refractivity contribution in [2.45, 2.75) is 40.5 Å². The van der Waals surface area contributed by atoms with Crippen LogP contribution < -0.4 is 4.31 Å². The Morgan fingerprint density at radius 2 is 1.95 bits per heavy atom. The average Bonchev–Trinajstić information content (AvgIpc) is 2.79. The van der Waals surface area contributed by atoms with Gasteiger partial charge in [0.05, 0.1) is 11.4 Å². The number of rotatable bonds is 4. The Kier molecular flexibility index (Phi) is 4.15. The SMILES string of the molecule is CC(=O)c1ccc2c(c1)CCN2S(=O)(=O)CCC(C)(C)C. The summed E-state index contributed by atoms with van der Waals surface area (Å²) in [6, 6.07) is 5.28. The van der Waals surface area contributed by atoms with Crippen LogP contribution in [0, 0.1) is 5.41 Å². The molecule has 0 amide bonds. The van der Waals surface area contributed by atoms with E-state index in [9.17, 15) is 13.2 Å². The minimum absolute atomic E-state index is 0.00584. The number of carbonyl (C=O) groups is 1. The van der Waals surface area contributed by atoms with Crippen molar-refractivity contribution in [2.75, 3.05) is 16.6 Å². The van der Waals surface area contributed by atoms with Crippen molar-refractivity contribution in [1.82, 2.24) is 0 Å². The number of carbonyl (C=O) groups excluding carboxylic acids is 1. The predicted octanol–water partition coefficient (Wildman–Crippen LogP) is 3.02. The van der Waals surface area contributed by atoms with Crippen molar-refractivity contribution >= 4 is 21.5 Å². The van der Waals surface area contributed by atoms with Gasteiger partial charge in [0, 0.05) is 12.1 Å². The van der Waals surface area contributed by atoms with Crippen molar-refractivity contribution in [3.05, 3.63) is 29.3 Å². The van der Waals surface area contributed by atoms with Gasteiger partial charge >= 0.3 is 0 Å². The lowest BCUT2D eigenvalue weighted by Gasteiger charge is -2.23. The Balaban J connectivity index is 2.24. The van der Waals surface area contributed by atoms with Gasteiger partial charge in [-0.25, -0.2) is 8.42 Å². The molecule has 1 heterocycles. The van der Waals surface area contributed by atoms with Crippen LogP contribution in [0.1, 0.15) is 50.0 Å². The molecule has 1 aromatic rings. The smallest absolute Gasteiger partial charge is 0.235 e. The second-order valence-corrected chi connectivity index (χ2v) is 8.86. The van der Waals surface area contributed by atoms with Gasteiger partial charge in [-0.05, 0) is 48.9 Å². The van der Waals surface area contributed by atoms with Crippen molar-refractivity contribution in [2.24, 2.45) is 5.41 Å². The number of Topliss-reactive ketones (excluding diaryl/α,β-unsaturated/α-hetero) is 1. The first-order valence-electron chi connectivity index (χ1n) is 7.24. The van der Waals surface area contributed by atoms with E-state index in [2.05, 4.69) is 0 Å². The molecule has 21 heavy (non-hydrogen) atoms. The molecule has 5 heteroatoms. The van der Waals surface area contributed by atoms with Crippen LogP contribution in [0.15, 0.2) is 18.2 Å². The van der Waals surface area contributed by atoms with E-state index in [1.165, 1.54) is 11.2 Å². The average molecular weight is 309 g/mol. The van der Waals surface area contributed by atoms with Gasteiger partial charge in [-0.2, -0.15) is 0 Å². The largest absolute Gasteiger partial charge is 0.295 e. The highest BCUT2D eigenvalue weighted by Gasteiger charge is 2.30. The minimum Gasteiger partial charge on any atom is -0.295 e. The molecule has 0 spiro atoms. The molecule has 0 saturated heterocycles. The molecule has 0 aromatic heterocycles. The molecule has 0 radical (unpaired) electrons. The van der Waals surface area contributed by atoms with Gasteiger partial charge in [-0.15, -0.1) is 0 Å². The predicted molar refractivity (Wildman–Crippen MR) is 85.4 cm³/mol. The van der Waals surface area contributed by atoms with Crippen LogP contribution in [0.3, 0.4) is 0 Å². The highest BCUT2D eigenvalue weighted by atomic mass is 32.2. The number of fused-ring (bicyclic) bond motifs is 1. The highest BCUT2D eigenvalue weighted by molar-refractivity contribution is 7.92. The molecule has 4 nitrogen and oxygen atoms in total. The van der Waals surface area contributed by atoms with E-state index in [4.69, 9.17) is 0 Å². The van der Waals surface area contributed by atoms with Gasteiger partial charge in [0.25, 0.3) is 0 Å². The lowest BCUT2D eigenvalue weighted by molar-refractivity contribution is 0.101. The molecule has 0 fully saturated rings.